The fraction of sp³-hybridized carbons (Fsp3) is 0. The maximum absolute atomic E-state index is 5.42. The summed E-state index contributed by atoms with van der Waals surface area (Å²) in [5, 5.41) is 9.69. The molecule has 3 heteroatoms. The molecule has 190 valence electrons. The molecule has 0 aliphatic rings. The maximum atomic E-state index is 5.42. The van der Waals surface area contributed by atoms with Gasteiger partial charge in [0.1, 0.15) is 0 Å². The highest BCUT2D eigenvalue weighted by Crippen LogP contribution is 2.44. The fourth-order valence-corrected chi connectivity index (χ4v) is 7.72. The van der Waals surface area contributed by atoms with Crippen LogP contribution in [-0.4, -0.2) is 9.97 Å². The molecule has 0 aliphatic heterocycles. The Bertz CT molecular complexity index is 2470. The summed E-state index contributed by atoms with van der Waals surface area (Å²) in [6.45, 7) is 0. The van der Waals surface area contributed by atoms with Crippen molar-refractivity contribution in [1.29, 1.82) is 0 Å². The second-order valence-corrected chi connectivity index (χ2v) is 11.6. The highest BCUT2D eigenvalue weighted by Gasteiger charge is 2.19. The van der Waals surface area contributed by atoms with Crippen molar-refractivity contribution >= 4 is 74.9 Å². The number of hydrogen-bond acceptors (Lipinski definition) is 3. The minimum Gasteiger partial charge on any atom is -0.256 e. The molecule has 9 rings (SSSR count). The number of fused-ring (bicyclic) bond motifs is 11. The summed E-state index contributed by atoms with van der Waals surface area (Å²) >= 11 is 1.87. The van der Waals surface area contributed by atoms with Crippen LogP contribution in [0.1, 0.15) is 0 Å². The second-order valence-electron chi connectivity index (χ2n) is 10.5. The summed E-state index contributed by atoms with van der Waals surface area (Å²) in [5.41, 5.74) is 6.56. The first kappa shape index (κ1) is 22.7. The van der Waals surface area contributed by atoms with Crippen molar-refractivity contribution in [2.45, 2.75) is 0 Å². The Hall–Kier alpha value is -5.12. The molecule has 0 saturated heterocycles. The van der Waals surface area contributed by atoms with Crippen LogP contribution in [-0.2, 0) is 0 Å². The van der Waals surface area contributed by atoms with Crippen molar-refractivity contribution in [3.05, 3.63) is 134 Å². The van der Waals surface area contributed by atoms with E-state index < -0.39 is 0 Å². The molecule has 0 fully saturated rings. The van der Waals surface area contributed by atoms with E-state index >= 15 is 0 Å². The molecule has 0 spiro atoms. The lowest BCUT2D eigenvalue weighted by Gasteiger charge is -2.16. The average molecular weight is 539 g/mol. The SMILES string of the molecule is c1ccc(-c2nc3cc(-c4cccc5c4sc4ccccc45)ccc3c3c4ccccc4c4ncccc4c23)cc1. The van der Waals surface area contributed by atoms with Crippen molar-refractivity contribution in [3.63, 3.8) is 0 Å². The van der Waals surface area contributed by atoms with Crippen molar-refractivity contribution in [1.82, 2.24) is 9.97 Å². The number of nitrogens with zero attached hydrogens (tertiary/aromatic N) is 2. The van der Waals surface area contributed by atoms with E-state index in [2.05, 4.69) is 121 Å². The molecule has 6 aromatic carbocycles. The van der Waals surface area contributed by atoms with Crippen LogP contribution in [0.15, 0.2) is 134 Å². The third kappa shape index (κ3) is 3.30. The zero-order valence-electron chi connectivity index (χ0n) is 22.0. The van der Waals surface area contributed by atoms with Gasteiger partial charge >= 0.3 is 0 Å². The lowest BCUT2D eigenvalue weighted by atomic mass is 9.91. The standard InChI is InChI=1S/C38H22N2S/c1-2-10-23(11-3-1)36-35-31-17-9-21-39-37(31)28-14-5-4-13-27(28)34(35)30-20-19-24(22-32(30)40-36)25-15-8-16-29-26-12-6-7-18-33(26)41-38(25)29/h1-22H. The Morgan fingerprint density at radius 1 is 0.488 bits per heavy atom. The van der Waals surface area contributed by atoms with Gasteiger partial charge in [0.25, 0.3) is 0 Å². The van der Waals surface area contributed by atoms with E-state index in [1.807, 2.05) is 23.6 Å². The molecular weight excluding hydrogens is 516 g/mol. The molecule has 0 N–H and O–H groups in total. The summed E-state index contributed by atoms with van der Waals surface area (Å²) in [4.78, 5) is 10.3. The summed E-state index contributed by atoms with van der Waals surface area (Å²) in [7, 11) is 0. The van der Waals surface area contributed by atoms with Gasteiger partial charge in [0.2, 0.25) is 0 Å². The highest BCUT2D eigenvalue weighted by molar-refractivity contribution is 7.26. The molecule has 0 saturated carbocycles. The molecule has 0 amide bonds. The van der Waals surface area contributed by atoms with Crippen LogP contribution in [0.25, 0.3) is 85.9 Å². The van der Waals surface area contributed by atoms with Gasteiger partial charge in [-0.3, -0.25) is 4.98 Å². The van der Waals surface area contributed by atoms with E-state index in [0.29, 0.717) is 0 Å². The van der Waals surface area contributed by atoms with Crippen LogP contribution in [0, 0.1) is 0 Å². The first-order valence-corrected chi connectivity index (χ1v) is 14.7. The largest absolute Gasteiger partial charge is 0.256 e. The molecule has 3 heterocycles. The molecule has 0 radical (unpaired) electrons. The Morgan fingerprint density at radius 2 is 1.24 bits per heavy atom. The van der Waals surface area contributed by atoms with Gasteiger partial charge in [-0.15, -0.1) is 11.3 Å². The molecule has 2 nitrogen and oxygen atoms in total. The van der Waals surface area contributed by atoms with Crippen molar-refractivity contribution in [2.24, 2.45) is 0 Å². The van der Waals surface area contributed by atoms with E-state index in [-0.39, 0.29) is 0 Å². The number of aromatic nitrogens is 2. The average Bonchev–Trinajstić information content (AvgIpc) is 3.43. The lowest BCUT2D eigenvalue weighted by Crippen LogP contribution is -1.94. The van der Waals surface area contributed by atoms with Crippen LogP contribution in [0.3, 0.4) is 0 Å². The van der Waals surface area contributed by atoms with Crippen molar-refractivity contribution in [2.75, 3.05) is 0 Å². The van der Waals surface area contributed by atoms with Gasteiger partial charge in [-0.1, -0.05) is 109 Å². The zero-order chi connectivity index (χ0) is 26.9. The molecule has 41 heavy (non-hydrogen) atoms. The summed E-state index contributed by atoms with van der Waals surface area (Å²) in [6, 6.07) is 45.6. The molecule has 0 atom stereocenters. The minimum atomic E-state index is 0.995. The second kappa shape index (κ2) is 8.69. The number of benzene rings is 6. The van der Waals surface area contributed by atoms with E-state index in [1.165, 1.54) is 47.5 Å². The van der Waals surface area contributed by atoms with Gasteiger partial charge in [-0.05, 0) is 34.7 Å². The molecule has 0 unspecified atom stereocenters. The predicted octanol–water partition coefficient (Wildman–Crippen LogP) is 10.8. The topological polar surface area (TPSA) is 25.8 Å². The van der Waals surface area contributed by atoms with Crippen molar-refractivity contribution in [3.8, 4) is 22.4 Å². The van der Waals surface area contributed by atoms with E-state index in [0.717, 1.165) is 38.4 Å². The Morgan fingerprint density at radius 3 is 2.15 bits per heavy atom. The van der Waals surface area contributed by atoms with Gasteiger partial charge in [-0.25, -0.2) is 4.98 Å². The molecule has 0 aliphatic carbocycles. The van der Waals surface area contributed by atoms with Gasteiger partial charge in [0.15, 0.2) is 0 Å². The minimum absolute atomic E-state index is 0.995. The maximum Gasteiger partial charge on any atom is 0.0795 e. The van der Waals surface area contributed by atoms with Crippen LogP contribution >= 0.6 is 11.3 Å². The molecule has 9 aromatic rings. The number of thiophene rings is 1. The summed E-state index contributed by atoms with van der Waals surface area (Å²) < 4.78 is 2.64. The first-order valence-electron chi connectivity index (χ1n) is 13.8. The number of rotatable bonds is 2. The van der Waals surface area contributed by atoms with Crippen LogP contribution in [0.5, 0.6) is 0 Å². The Kier molecular flexibility index (Phi) is 4.80. The fourth-order valence-electron chi connectivity index (χ4n) is 6.48. The normalized spacial score (nSPS) is 11.9. The molecule has 0 bridgehead atoms. The van der Waals surface area contributed by atoms with Crippen LogP contribution in [0.2, 0.25) is 0 Å². The van der Waals surface area contributed by atoms with Gasteiger partial charge in [0.05, 0.1) is 16.7 Å². The Labute approximate surface area is 240 Å². The van der Waals surface area contributed by atoms with Crippen LogP contribution < -0.4 is 0 Å². The van der Waals surface area contributed by atoms with Crippen molar-refractivity contribution < 1.29 is 0 Å². The molecular formula is C38H22N2S. The smallest absolute Gasteiger partial charge is 0.0795 e. The highest BCUT2D eigenvalue weighted by atomic mass is 32.1. The van der Waals surface area contributed by atoms with E-state index in [4.69, 9.17) is 9.97 Å². The summed E-state index contributed by atoms with van der Waals surface area (Å²) in [6.07, 6.45) is 1.89. The first-order chi connectivity index (χ1) is 20.3. The third-order valence-corrected chi connectivity index (χ3v) is 9.50. The quantitative estimate of drug-likeness (QED) is 0.205. The van der Waals surface area contributed by atoms with Gasteiger partial charge < -0.3 is 0 Å². The van der Waals surface area contributed by atoms with Gasteiger partial charge in [0, 0.05) is 58.9 Å². The number of hydrogen-bond donors (Lipinski definition) is 0. The van der Waals surface area contributed by atoms with Gasteiger partial charge in [-0.2, -0.15) is 0 Å². The summed E-state index contributed by atoms with van der Waals surface area (Å²) in [5.74, 6) is 0. The lowest BCUT2D eigenvalue weighted by molar-refractivity contribution is 1.42. The predicted molar refractivity (Wildman–Crippen MR) is 176 cm³/mol. The van der Waals surface area contributed by atoms with E-state index in [9.17, 15) is 0 Å². The van der Waals surface area contributed by atoms with Crippen LogP contribution in [0.4, 0.5) is 0 Å². The van der Waals surface area contributed by atoms with E-state index in [1.54, 1.807) is 0 Å². The third-order valence-electron chi connectivity index (χ3n) is 8.28. The number of pyridine rings is 2. The monoisotopic (exact) mass is 538 g/mol. The molecule has 3 aromatic heterocycles. The Balaban J connectivity index is 1.43. The zero-order valence-corrected chi connectivity index (χ0v) is 22.8.